The van der Waals surface area contributed by atoms with E-state index < -0.39 is 0 Å². The molecule has 2 unspecified atom stereocenters. The van der Waals surface area contributed by atoms with Crippen molar-refractivity contribution in [3.63, 3.8) is 0 Å². The third-order valence-electron chi connectivity index (χ3n) is 3.09. The first-order valence-corrected chi connectivity index (χ1v) is 5.79. The van der Waals surface area contributed by atoms with Crippen LogP contribution < -0.4 is 5.32 Å². The first kappa shape index (κ1) is 9.90. The van der Waals surface area contributed by atoms with Gasteiger partial charge in [0.25, 0.3) is 0 Å². The molecule has 4 nitrogen and oxygen atoms in total. The lowest BCUT2D eigenvalue weighted by Gasteiger charge is -2.22. The van der Waals surface area contributed by atoms with E-state index in [4.69, 9.17) is 11.6 Å². The van der Waals surface area contributed by atoms with Crippen molar-refractivity contribution in [2.75, 3.05) is 20.1 Å². The van der Waals surface area contributed by atoms with Crippen LogP contribution in [0.5, 0.6) is 0 Å². The Morgan fingerprint density at radius 2 is 2.44 bits per heavy atom. The van der Waals surface area contributed by atoms with Crippen LogP contribution in [0.25, 0.3) is 0 Å². The maximum Gasteiger partial charge on any atom is 0.145 e. The Kier molecular flexibility index (Phi) is 2.24. The van der Waals surface area contributed by atoms with Gasteiger partial charge < -0.3 is 5.32 Å². The van der Waals surface area contributed by atoms with E-state index in [9.17, 15) is 0 Å². The molecule has 0 aromatic carbocycles. The molecule has 0 bridgehead atoms. The maximum absolute atomic E-state index is 6.04. The molecule has 84 valence electrons. The van der Waals surface area contributed by atoms with E-state index in [1.165, 1.54) is 0 Å². The number of hydrogen-bond acceptors (Lipinski definition) is 4. The number of allylic oxidation sites excluding steroid dienone is 2. The first-order valence-electron chi connectivity index (χ1n) is 5.41. The minimum atomic E-state index is 0.229. The zero-order chi connectivity index (χ0) is 11.1. The van der Waals surface area contributed by atoms with Crippen LogP contribution in [0.1, 0.15) is 0 Å². The van der Waals surface area contributed by atoms with Crippen molar-refractivity contribution in [1.29, 1.82) is 0 Å². The van der Waals surface area contributed by atoms with Crippen molar-refractivity contribution in [3.05, 3.63) is 23.3 Å². The summed E-state index contributed by atoms with van der Waals surface area (Å²) in [6.07, 6.45) is 6.08. The van der Waals surface area contributed by atoms with Gasteiger partial charge in [-0.3, -0.25) is 10.0 Å². The Morgan fingerprint density at radius 3 is 3.19 bits per heavy atom. The molecule has 2 heterocycles. The molecular formula is C11H13ClN4. The third-order valence-corrected chi connectivity index (χ3v) is 3.34. The Bertz CT molecular complexity index is 435. The number of amidine groups is 1. The molecule has 1 N–H and O–H groups in total. The summed E-state index contributed by atoms with van der Waals surface area (Å²) >= 11 is 6.04. The highest BCUT2D eigenvalue weighted by Gasteiger charge is 2.37. The maximum atomic E-state index is 6.04. The summed E-state index contributed by atoms with van der Waals surface area (Å²) in [5, 5.41) is 10.6. The number of hydrazone groups is 1. The molecular weight excluding hydrogens is 224 g/mol. The van der Waals surface area contributed by atoms with Crippen LogP contribution in [0, 0.1) is 5.92 Å². The van der Waals surface area contributed by atoms with E-state index in [1.807, 2.05) is 18.1 Å². The summed E-state index contributed by atoms with van der Waals surface area (Å²) in [4.78, 5) is 4.42. The molecule has 3 rings (SSSR count). The molecule has 0 saturated heterocycles. The van der Waals surface area contributed by atoms with E-state index in [0.29, 0.717) is 0 Å². The monoisotopic (exact) mass is 236 g/mol. The van der Waals surface area contributed by atoms with Crippen LogP contribution in [0.3, 0.4) is 0 Å². The number of halogens is 1. The zero-order valence-electron chi connectivity index (χ0n) is 9.02. The van der Waals surface area contributed by atoms with Gasteiger partial charge in [-0.2, -0.15) is 5.10 Å². The number of aliphatic imine (C=N–C) groups is 1. The van der Waals surface area contributed by atoms with E-state index in [0.717, 1.165) is 29.7 Å². The Morgan fingerprint density at radius 1 is 1.56 bits per heavy atom. The molecule has 0 amide bonds. The average Bonchev–Trinajstić information content (AvgIpc) is 2.86. The molecule has 1 aliphatic carbocycles. The lowest BCUT2D eigenvalue weighted by molar-refractivity contribution is 0.307. The minimum Gasteiger partial charge on any atom is -0.367 e. The van der Waals surface area contributed by atoms with E-state index in [1.54, 1.807) is 0 Å². The second kappa shape index (κ2) is 3.63. The number of nitrogens with one attached hydrogen (secondary N) is 1. The van der Waals surface area contributed by atoms with Gasteiger partial charge in [-0.05, 0) is 6.08 Å². The van der Waals surface area contributed by atoms with Crippen LogP contribution in [0.15, 0.2) is 33.4 Å². The van der Waals surface area contributed by atoms with Gasteiger partial charge >= 0.3 is 0 Å². The quantitative estimate of drug-likeness (QED) is 0.737. The molecule has 16 heavy (non-hydrogen) atoms. The number of nitrogens with zero attached hydrogens (tertiary/aromatic N) is 3. The topological polar surface area (TPSA) is 40.0 Å². The Labute approximate surface area is 99.4 Å². The smallest absolute Gasteiger partial charge is 0.145 e. The van der Waals surface area contributed by atoms with Gasteiger partial charge in [0.15, 0.2) is 0 Å². The van der Waals surface area contributed by atoms with Crippen molar-refractivity contribution in [2.45, 2.75) is 6.04 Å². The predicted molar refractivity (Wildman–Crippen MR) is 65.9 cm³/mol. The fourth-order valence-corrected chi connectivity index (χ4v) is 2.52. The normalized spacial score (nSPS) is 31.9. The van der Waals surface area contributed by atoms with Crippen LogP contribution in [-0.2, 0) is 0 Å². The minimum absolute atomic E-state index is 0.229. The molecule has 2 aliphatic heterocycles. The van der Waals surface area contributed by atoms with Crippen molar-refractivity contribution in [2.24, 2.45) is 16.0 Å². The summed E-state index contributed by atoms with van der Waals surface area (Å²) < 4.78 is 0. The van der Waals surface area contributed by atoms with E-state index >= 15 is 0 Å². The largest absolute Gasteiger partial charge is 0.367 e. The molecule has 0 radical (unpaired) electrons. The molecule has 0 fully saturated rings. The highest BCUT2D eigenvalue weighted by atomic mass is 35.5. The summed E-state index contributed by atoms with van der Waals surface area (Å²) in [7, 11) is 1.98. The summed E-state index contributed by atoms with van der Waals surface area (Å²) in [5.41, 5.74) is 1.01. The Hall–Kier alpha value is -1.29. The molecule has 3 aliphatic rings. The van der Waals surface area contributed by atoms with Gasteiger partial charge in [0.2, 0.25) is 0 Å². The Balaban J connectivity index is 1.95. The number of likely N-dealkylation sites (N-methyl/N-ethyl adjacent to an activating group) is 1. The number of hydrogen-bond donors (Lipinski definition) is 1. The predicted octanol–water partition coefficient (Wildman–Crippen LogP) is 0.967. The third kappa shape index (κ3) is 1.45. The van der Waals surface area contributed by atoms with Gasteiger partial charge in [0.05, 0.1) is 18.5 Å². The fourth-order valence-electron chi connectivity index (χ4n) is 2.31. The van der Waals surface area contributed by atoms with Crippen LogP contribution in [0.4, 0.5) is 0 Å². The highest BCUT2D eigenvalue weighted by molar-refractivity contribution is 6.44. The molecule has 5 heteroatoms. The lowest BCUT2D eigenvalue weighted by Crippen LogP contribution is -2.35. The summed E-state index contributed by atoms with van der Waals surface area (Å²) in [5.74, 6) is 1.15. The molecule has 0 aromatic heterocycles. The standard InChI is InChI=1S/C11H13ClN4/c1-16-9-3-2-7(12)6-8(9)10(15-16)11-13-4-5-14-11/h2-3,6,8-9H,4-5H2,1H3,(H,13,14). The van der Waals surface area contributed by atoms with E-state index in [2.05, 4.69) is 27.6 Å². The lowest BCUT2D eigenvalue weighted by atomic mass is 9.91. The second-order valence-corrected chi connectivity index (χ2v) is 4.58. The molecule has 0 saturated carbocycles. The molecule has 2 atom stereocenters. The van der Waals surface area contributed by atoms with Gasteiger partial charge in [0, 0.05) is 18.6 Å². The summed E-state index contributed by atoms with van der Waals surface area (Å²) in [6.45, 7) is 1.74. The van der Waals surface area contributed by atoms with Gasteiger partial charge in [0.1, 0.15) is 11.5 Å². The van der Waals surface area contributed by atoms with Crippen LogP contribution >= 0.6 is 11.6 Å². The summed E-state index contributed by atoms with van der Waals surface area (Å²) in [6, 6.07) is 0.280. The van der Waals surface area contributed by atoms with Crippen molar-refractivity contribution in [1.82, 2.24) is 10.3 Å². The average molecular weight is 237 g/mol. The highest BCUT2D eigenvalue weighted by Crippen LogP contribution is 2.29. The van der Waals surface area contributed by atoms with Crippen molar-refractivity contribution < 1.29 is 0 Å². The second-order valence-electron chi connectivity index (χ2n) is 4.14. The van der Waals surface area contributed by atoms with Gasteiger partial charge in [-0.1, -0.05) is 23.8 Å². The number of rotatable bonds is 1. The number of fused-ring (bicyclic) bond motifs is 1. The van der Waals surface area contributed by atoms with Gasteiger partial charge in [-0.25, -0.2) is 0 Å². The van der Waals surface area contributed by atoms with Crippen molar-refractivity contribution >= 4 is 23.1 Å². The molecule has 0 aromatic rings. The first-order chi connectivity index (χ1) is 7.75. The fraction of sp³-hybridized carbons (Fsp3) is 0.455. The van der Waals surface area contributed by atoms with Crippen LogP contribution in [-0.4, -0.2) is 42.7 Å². The SMILES string of the molecule is CN1N=C(C2=NCCN2)C2C=C(Cl)C=CC21. The van der Waals surface area contributed by atoms with Crippen molar-refractivity contribution in [3.8, 4) is 0 Å². The zero-order valence-corrected chi connectivity index (χ0v) is 9.78. The van der Waals surface area contributed by atoms with Gasteiger partial charge in [-0.15, -0.1) is 0 Å². The van der Waals surface area contributed by atoms with Crippen LogP contribution in [0.2, 0.25) is 0 Å². The van der Waals surface area contributed by atoms with E-state index in [-0.39, 0.29) is 12.0 Å². The molecule has 0 spiro atoms.